The zero-order valence-electron chi connectivity index (χ0n) is 12.8. The minimum absolute atomic E-state index is 0.0124. The van der Waals surface area contributed by atoms with E-state index in [2.05, 4.69) is 10.6 Å². The fourth-order valence-electron chi connectivity index (χ4n) is 2.66. The Morgan fingerprint density at radius 3 is 2.86 bits per heavy atom. The monoisotopic (exact) mass is 294 g/mol. The van der Waals surface area contributed by atoms with Gasteiger partial charge in [-0.3, -0.25) is 4.79 Å². The first kappa shape index (κ1) is 15.8. The van der Waals surface area contributed by atoms with Crippen molar-refractivity contribution in [2.24, 2.45) is 5.41 Å². The Kier molecular flexibility index (Phi) is 4.83. The van der Waals surface area contributed by atoms with Crippen LogP contribution in [-0.2, 0) is 4.79 Å². The van der Waals surface area contributed by atoms with Crippen LogP contribution in [0.25, 0.3) is 0 Å². The van der Waals surface area contributed by atoms with E-state index in [1.807, 2.05) is 13.8 Å². The van der Waals surface area contributed by atoms with E-state index >= 15 is 0 Å². The number of hydrogen-bond donors (Lipinski definition) is 2. The zero-order valence-corrected chi connectivity index (χ0v) is 12.8. The molecule has 4 nitrogen and oxygen atoms in total. The van der Waals surface area contributed by atoms with Gasteiger partial charge in [-0.15, -0.1) is 0 Å². The number of carbonyl (C=O) groups excluding carboxylic acids is 1. The molecule has 1 heterocycles. The van der Waals surface area contributed by atoms with E-state index in [0.717, 1.165) is 24.9 Å². The van der Waals surface area contributed by atoms with Crippen molar-refractivity contribution < 1.29 is 13.9 Å². The van der Waals surface area contributed by atoms with Gasteiger partial charge in [-0.2, -0.15) is 0 Å². The van der Waals surface area contributed by atoms with E-state index in [0.29, 0.717) is 6.54 Å². The van der Waals surface area contributed by atoms with Gasteiger partial charge in [0.2, 0.25) is 5.91 Å². The maximum absolute atomic E-state index is 13.7. The number of halogens is 1. The predicted octanol–water partition coefficient (Wildman–Crippen LogP) is 2.40. The molecular weight excluding hydrogens is 271 g/mol. The van der Waals surface area contributed by atoms with Crippen molar-refractivity contribution in [2.75, 3.05) is 20.2 Å². The lowest BCUT2D eigenvalue weighted by Gasteiger charge is -2.33. The number of amides is 1. The van der Waals surface area contributed by atoms with E-state index in [1.54, 1.807) is 12.1 Å². The lowest BCUT2D eigenvalue weighted by molar-refractivity contribution is -0.131. The molecule has 116 valence electrons. The molecule has 21 heavy (non-hydrogen) atoms. The fraction of sp³-hybridized carbons (Fsp3) is 0.562. The second-order valence-corrected chi connectivity index (χ2v) is 5.93. The lowest BCUT2D eigenvalue weighted by Crippen LogP contribution is -2.49. The van der Waals surface area contributed by atoms with Crippen LogP contribution in [0.5, 0.6) is 5.75 Å². The van der Waals surface area contributed by atoms with Gasteiger partial charge in [-0.1, -0.05) is 6.07 Å². The first-order chi connectivity index (χ1) is 9.96. The van der Waals surface area contributed by atoms with Crippen LogP contribution in [0, 0.1) is 11.2 Å². The molecule has 0 aromatic heterocycles. The van der Waals surface area contributed by atoms with Gasteiger partial charge in [-0.05, 0) is 50.9 Å². The third-order valence-corrected chi connectivity index (χ3v) is 4.17. The van der Waals surface area contributed by atoms with Crippen LogP contribution >= 0.6 is 0 Å². The summed E-state index contributed by atoms with van der Waals surface area (Å²) in [5.41, 5.74) is 0.339. The van der Waals surface area contributed by atoms with Crippen molar-refractivity contribution in [3.05, 3.63) is 29.6 Å². The maximum Gasteiger partial charge on any atom is 0.227 e. The van der Waals surface area contributed by atoms with Gasteiger partial charge >= 0.3 is 0 Å². The molecule has 2 atom stereocenters. The third kappa shape index (κ3) is 3.53. The minimum Gasteiger partial charge on any atom is -0.494 e. The molecule has 1 fully saturated rings. The van der Waals surface area contributed by atoms with Gasteiger partial charge in [0.15, 0.2) is 11.6 Å². The molecule has 1 aromatic rings. The van der Waals surface area contributed by atoms with Crippen molar-refractivity contribution >= 4 is 5.91 Å². The van der Waals surface area contributed by atoms with Crippen molar-refractivity contribution in [1.29, 1.82) is 0 Å². The van der Waals surface area contributed by atoms with Gasteiger partial charge in [0.1, 0.15) is 0 Å². The molecule has 1 aromatic carbocycles. The minimum atomic E-state index is -0.415. The molecule has 1 amide bonds. The van der Waals surface area contributed by atoms with Crippen LogP contribution < -0.4 is 15.4 Å². The first-order valence-corrected chi connectivity index (χ1v) is 7.31. The van der Waals surface area contributed by atoms with Crippen LogP contribution in [0.2, 0.25) is 0 Å². The van der Waals surface area contributed by atoms with Crippen LogP contribution in [-0.4, -0.2) is 26.1 Å². The molecule has 5 heteroatoms. The number of piperidine rings is 1. The first-order valence-electron chi connectivity index (χ1n) is 7.31. The number of methoxy groups -OCH3 is 1. The number of ether oxygens (including phenoxy) is 1. The number of benzene rings is 1. The highest BCUT2D eigenvalue weighted by molar-refractivity contribution is 5.83. The normalized spacial score (nSPS) is 23.4. The van der Waals surface area contributed by atoms with E-state index < -0.39 is 11.2 Å². The Hall–Kier alpha value is -1.62. The summed E-state index contributed by atoms with van der Waals surface area (Å²) in [4.78, 5) is 12.4. The number of hydrogen-bond acceptors (Lipinski definition) is 3. The van der Waals surface area contributed by atoms with Gasteiger partial charge in [0.25, 0.3) is 0 Å². The highest BCUT2D eigenvalue weighted by atomic mass is 19.1. The van der Waals surface area contributed by atoms with Gasteiger partial charge in [0, 0.05) is 6.54 Å². The molecule has 2 N–H and O–H groups in total. The van der Waals surface area contributed by atoms with Crippen LogP contribution in [0.3, 0.4) is 0 Å². The SMILES string of the molecule is COc1ccc(C(C)NC(=O)C2(C)CCCNC2)cc1F. The highest BCUT2D eigenvalue weighted by Crippen LogP contribution is 2.27. The summed E-state index contributed by atoms with van der Waals surface area (Å²) >= 11 is 0. The van der Waals surface area contributed by atoms with Gasteiger partial charge in [-0.25, -0.2) is 4.39 Å². The Balaban J connectivity index is 2.05. The summed E-state index contributed by atoms with van der Waals surface area (Å²) in [6.07, 6.45) is 1.87. The fourth-order valence-corrected chi connectivity index (χ4v) is 2.66. The average molecular weight is 294 g/mol. The molecular formula is C16H23FN2O2. The Labute approximate surface area is 125 Å². The Morgan fingerprint density at radius 1 is 1.52 bits per heavy atom. The molecule has 1 aliphatic rings. The van der Waals surface area contributed by atoms with Crippen molar-refractivity contribution in [2.45, 2.75) is 32.7 Å². The van der Waals surface area contributed by atoms with Crippen molar-refractivity contribution in [3.8, 4) is 5.75 Å². The summed E-state index contributed by atoms with van der Waals surface area (Å²) in [6, 6.07) is 4.52. The largest absolute Gasteiger partial charge is 0.494 e. The molecule has 2 unspecified atom stereocenters. The Bertz CT molecular complexity index is 513. The smallest absolute Gasteiger partial charge is 0.227 e. The summed E-state index contributed by atoms with van der Waals surface area (Å²) in [6.45, 7) is 5.47. The maximum atomic E-state index is 13.7. The summed E-state index contributed by atoms with van der Waals surface area (Å²) in [5, 5.41) is 6.24. The summed E-state index contributed by atoms with van der Waals surface area (Å²) in [7, 11) is 1.43. The summed E-state index contributed by atoms with van der Waals surface area (Å²) < 4.78 is 18.6. The number of rotatable bonds is 4. The molecule has 1 saturated heterocycles. The van der Waals surface area contributed by atoms with Crippen LogP contribution in [0.4, 0.5) is 4.39 Å². The summed E-state index contributed by atoms with van der Waals surface area (Å²) in [5.74, 6) is -0.194. The standard InChI is InChI=1S/C16H23FN2O2/c1-11(12-5-6-14(21-3)13(17)9-12)19-15(20)16(2)7-4-8-18-10-16/h5-6,9,11,18H,4,7-8,10H2,1-3H3,(H,19,20). The van der Waals surface area contributed by atoms with E-state index in [4.69, 9.17) is 4.74 Å². The van der Waals surface area contributed by atoms with Gasteiger partial charge in [0.05, 0.1) is 18.6 Å². The quantitative estimate of drug-likeness (QED) is 0.896. The lowest BCUT2D eigenvalue weighted by atomic mass is 9.81. The molecule has 0 radical (unpaired) electrons. The molecule has 0 spiro atoms. The van der Waals surface area contributed by atoms with Crippen LogP contribution in [0.1, 0.15) is 38.3 Å². The highest BCUT2D eigenvalue weighted by Gasteiger charge is 2.35. The molecule has 0 saturated carbocycles. The number of carbonyl (C=O) groups is 1. The van der Waals surface area contributed by atoms with Crippen molar-refractivity contribution in [1.82, 2.24) is 10.6 Å². The Morgan fingerprint density at radius 2 is 2.29 bits per heavy atom. The molecule has 0 bridgehead atoms. The van der Waals surface area contributed by atoms with E-state index in [9.17, 15) is 9.18 Å². The molecule has 0 aliphatic carbocycles. The van der Waals surface area contributed by atoms with E-state index in [-0.39, 0.29) is 17.7 Å². The third-order valence-electron chi connectivity index (χ3n) is 4.17. The number of nitrogens with one attached hydrogen (secondary N) is 2. The zero-order chi connectivity index (χ0) is 15.5. The molecule has 2 rings (SSSR count). The van der Waals surface area contributed by atoms with Gasteiger partial charge < -0.3 is 15.4 Å². The average Bonchev–Trinajstić information content (AvgIpc) is 2.47. The topological polar surface area (TPSA) is 50.4 Å². The predicted molar refractivity (Wildman–Crippen MR) is 79.7 cm³/mol. The van der Waals surface area contributed by atoms with Crippen molar-refractivity contribution in [3.63, 3.8) is 0 Å². The van der Waals surface area contributed by atoms with Crippen LogP contribution in [0.15, 0.2) is 18.2 Å². The second kappa shape index (κ2) is 6.43. The van der Waals surface area contributed by atoms with E-state index in [1.165, 1.54) is 13.2 Å². The molecule has 1 aliphatic heterocycles. The second-order valence-electron chi connectivity index (χ2n) is 5.93.